The van der Waals surface area contributed by atoms with Crippen molar-refractivity contribution < 1.29 is 9.53 Å². The van der Waals surface area contributed by atoms with Gasteiger partial charge in [0.15, 0.2) is 0 Å². The van der Waals surface area contributed by atoms with E-state index in [1.54, 1.807) is 6.07 Å². The fraction of sp³-hybridized carbons (Fsp3) is 0.269. The number of carbonyl (C=O) groups is 1. The molecule has 0 atom stereocenters. The molecule has 2 heterocycles. The summed E-state index contributed by atoms with van der Waals surface area (Å²) in [5.74, 6) is 0.774. The Morgan fingerprint density at radius 1 is 1.09 bits per heavy atom. The summed E-state index contributed by atoms with van der Waals surface area (Å²) in [6.45, 7) is 3.51. The first-order chi connectivity index (χ1) is 16.1. The molecule has 0 saturated carbocycles. The van der Waals surface area contributed by atoms with Crippen LogP contribution in [-0.2, 0) is 17.8 Å². The molecule has 1 amide bonds. The zero-order valence-electron chi connectivity index (χ0n) is 18.7. The second-order valence-electron chi connectivity index (χ2n) is 7.80. The third kappa shape index (κ3) is 5.68. The van der Waals surface area contributed by atoms with Gasteiger partial charge in [0.2, 0.25) is 5.91 Å². The molecule has 0 aliphatic heterocycles. The number of benzene rings is 2. The molecule has 0 fully saturated rings. The Bertz CT molecular complexity index is 1270. The maximum Gasteiger partial charge on any atom is 0.266 e. The molecule has 4 rings (SSSR count). The monoisotopic (exact) mass is 444 g/mol. The number of H-pyrrole nitrogens is 1. The average Bonchev–Trinajstić information content (AvgIpc) is 3.24. The summed E-state index contributed by atoms with van der Waals surface area (Å²) in [7, 11) is 0. The summed E-state index contributed by atoms with van der Waals surface area (Å²) in [6, 6.07) is 19.0. The van der Waals surface area contributed by atoms with Crippen molar-refractivity contribution in [1.82, 2.24) is 20.1 Å². The molecular weight excluding hydrogens is 416 g/mol. The van der Waals surface area contributed by atoms with Gasteiger partial charge in [-0.1, -0.05) is 18.2 Å². The normalized spacial score (nSPS) is 10.9. The quantitative estimate of drug-likeness (QED) is 0.388. The lowest BCUT2D eigenvalue weighted by molar-refractivity contribution is -0.121. The number of aromatic amines is 1. The summed E-state index contributed by atoms with van der Waals surface area (Å²) in [6.07, 6.45) is 3.64. The van der Waals surface area contributed by atoms with E-state index in [2.05, 4.69) is 21.5 Å². The van der Waals surface area contributed by atoms with E-state index < -0.39 is 0 Å². The fourth-order valence-electron chi connectivity index (χ4n) is 3.80. The molecule has 0 saturated heterocycles. The molecule has 0 spiro atoms. The van der Waals surface area contributed by atoms with Crippen LogP contribution in [0.2, 0.25) is 0 Å². The van der Waals surface area contributed by atoms with Crippen LogP contribution < -0.4 is 15.6 Å². The first-order valence-corrected chi connectivity index (χ1v) is 11.3. The third-order valence-electron chi connectivity index (χ3n) is 5.49. The minimum atomic E-state index is -0.176. The molecule has 7 nitrogen and oxygen atoms in total. The molecule has 0 aliphatic rings. The van der Waals surface area contributed by atoms with E-state index in [1.807, 2.05) is 55.6 Å². The molecule has 2 N–H and O–H groups in total. The summed E-state index contributed by atoms with van der Waals surface area (Å²) in [4.78, 5) is 27.7. The zero-order chi connectivity index (χ0) is 23.0. The Kier molecular flexibility index (Phi) is 7.19. The first kappa shape index (κ1) is 22.3. The zero-order valence-corrected chi connectivity index (χ0v) is 18.7. The van der Waals surface area contributed by atoms with Crippen molar-refractivity contribution in [3.8, 4) is 17.0 Å². The molecule has 0 radical (unpaired) electrons. The fourth-order valence-corrected chi connectivity index (χ4v) is 3.80. The molecular formula is C26H28N4O3. The van der Waals surface area contributed by atoms with Crippen LogP contribution in [0.15, 0.2) is 71.7 Å². The van der Waals surface area contributed by atoms with Crippen molar-refractivity contribution in [2.45, 2.75) is 32.7 Å². The second-order valence-corrected chi connectivity index (χ2v) is 7.80. The number of fused-ring (bicyclic) bond motifs is 1. The van der Waals surface area contributed by atoms with Gasteiger partial charge in [0.05, 0.1) is 12.3 Å². The van der Waals surface area contributed by atoms with Crippen LogP contribution in [0.3, 0.4) is 0 Å². The van der Waals surface area contributed by atoms with Gasteiger partial charge in [0.25, 0.3) is 5.56 Å². The number of para-hydroxylation sites is 1. The van der Waals surface area contributed by atoms with E-state index in [-0.39, 0.29) is 11.5 Å². The predicted molar refractivity (Wildman–Crippen MR) is 129 cm³/mol. The van der Waals surface area contributed by atoms with E-state index in [0.717, 1.165) is 23.3 Å². The van der Waals surface area contributed by atoms with E-state index in [9.17, 15) is 9.59 Å². The van der Waals surface area contributed by atoms with Crippen molar-refractivity contribution in [3.63, 3.8) is 0 Å². The number of aryl methyl sites for hydroxylation is 1. The van der Waals surface area contributed by atoms with Crippen molar-refractivity contribution in [1.29, 1.82) is 0 Å². The van der Waals surface area contributed by atoms with Gasteiger partial charge in [0, 0.05) is 48.2 Å². The molecule has 33 heavy (non-hydrogen) atoms. The Hall–Kier alpha value is -3.87. The maximum atomic E-state index is 12.2. The molecule has 0 bridgehead atoms. The van der Waals surface area contributed by atoms with Gasteiger partial charge < -0.3 is 15.0 Å². The number of aromatic nitrogens is 3. The summed E-state index contributed by atoms with van der Waals surface area (Å²) >= 11 is 0. The van der Waals surface area contributed by atoms with Gasteiger partial charge in [0.1, 0.15) is 5.75 Å². The van der Waals surface area contributed by atoms with E-state index >= 15 is 0 Å². The molecule has 7 heteroatoms. The third-order valence-corrected chi connectivity index (χ3v) is 5.49. The van der Waals surface area contributed by atoms with Gasteiger partial charge in [-0.15, -0.1) is 0 Å². The highest BCUT2D eigenvalue weighted by Crippen LogP contribution is 2.20. The second kappa shape index (κ2) is 10.6. The SMILES string of the molecule is CCOc1ccc(-c2ccc(=O)n(CCCC(=O)NCCc3c[nH]c4ccccc34)n2)cc1. The standard InChI is InChI=1S/C26H28N4O3/c1-2-33-21-11-9-19(10-12-21)23-13-14-26(32)30(29-23)17-5-8-25(31)27-16-15-20-18-28-24-7-4-3-6-22(20)24/h3-4,6-7,9-14,18,28H,2,5,8,15-17H2,1H3,(H,27,31). The topological polar surface area (TPSA) is 89.0 Å². The van der Waals surface area contributed by atoms with Crippen LogP contribution in [0.25, 0.3) is 22.2 Å². The Labute approximate surface area is 192 Å². The van der Waals surface area contributed by atoms with Gasteiger partial charge in [-0.25, -0.2) is 4.68 Å². The summed E-state index contributed by atoms with van der Waals surface area (Å²) in [5.41, 5.74) is 3.73. The highest BCUT2D eigenvalue weighted by molar-refractivity contribution is 5.83. The lowest BCUT2D eigenvalue weighted by Gasteiger charge is -2.09. The van der Waals surface area contributed by atoms with Crippen LogP contribution in [-0.4, -0.2) is 33.8 Å². The number of hydrogen-bond acceptors (Lipinski definition) is 4. The summed E-state index contributed by atoms with van der Waals surface area (Å²) in [5, 5.41) is 8.62. The Morgan fingerprint density at radius 2 is 1.91 bits per heavy atom. The molecule has 0 unspecified atom stereocenters. The summed E-state index contributed by atoms with van der Waals surface area (Å²) < 4.78 is 6.89. The number of amides is 1. The smallest absolute Gasteiger partial charge is 0.266 e. The Morgan fingerprint density at radius 3 is 2.73 bits per heavy atom. The maximum absolute atomic E-state index is 12.2. The largest absolute Gasteiger partial charge is 0.494 e. The van der Waals surface area contributed by atoms with Gasteiger partial charge >= 0.3 is 0 Å². The molecule has 2 aromatic carbocycles. The lowest BCUT2D eigenvalue weighted by atomic mass is 10.1. The lowest BCUT2D eigenvalue weighted by Crippen LogP contribution is -2.27. The van der Waals surface area contributed by atoms with Crippen LogP contribution in [0.4, 0.5) is 0 Å². The Balaban J connectivity index is 1.26. The number of nitrogens with one attached hydrogen (secondary N) is 2. The highest BCUT2D eigenvalue weighted by Gasteiger charge is 2.07. The van der Waals surface area contributed by atoms with Crippen LogP contribution in [0.5, 0.6) is 5.75 Å². The minimum absolute atomic E-state index is 0.0226. The van der Waals surface area contributed by atoms with E-state index in [0.29, 0.717) is 38.2 Å². The number of rotatable bonds is 10. The molecule has 4 aromatic rings. The number of hydrogen-bond donors (Lipinski definition) is 2. The van der Waals surface area contributed by atoms with Crippen LogP contribution >= 0.6 is 0 Å². The number of ether oxygens (including phenoxy) is 1. The van der Waals surface area contributed by atoms with E-state index in [4.69, 9.17) is 4.74 Å². The molecule has 2 aromatic heterocycles. The van der Waals surface area contributed by atoms with Crippen molar-refractivity contribution >= 4 is 16.8 Å². The highest BCUT2D eigenvalue weighted by atomic mass is 16.5. The van der Waals surface area contributed by atoms with Gasteiger partial charge in [-0.05, 0) is 61.7 Å². The predicted octanol–water partition coefficient (Wildman–Crippen LogP) is 3.93. The molecule has 0 aliphatic carbocycles. The van der Waals surface area contributed by atoms with Crippen LogP contribution in [0.1, 0.15) is 25.3 Å². The van der Waals surface area contributed by atoms with Crippen molar-refractivity contribution in [2.24, 2.45) is 0 Å². The van der Waals surface area contributed by atoms with Gasteiger partial charge in [-0.3, -0.25) is 9.59 Å². The minimum Gasteiger partial charge on any atom is -0.494 e. The average molecular weight is 445 g/mol. The number of nitrogens with zero attached hydrogens (tertiary/aromatic N) is 2. The van der Waals surface area contributed by atoms with Crippen LogP contribution in [0, 0.1) is 0 Å². The van der Waals surface area contributed by atoms with E-state index in [1.165, 1.54) is 21.7 Å². The van der Waals surface area contributed by atoms with Crippen molar-refractivity contribution in [2.75, 3.05) is 13.2 Å². The van der Waals surface area contributed by atoms with Crippen molar-refractivity contribution in [3.05, 3.63) is 82.8 Å². The van der Waals surface area contributed by atoms with Gasteiger partial charge in [-0.2, -0.15) is 5.10 Å². The first-order valence-electron chi connectivity index (χ1n) is 11.3. The molecule has 170 valence electrons. The number of carbonyl (C=O) groups excluding carboxylic acids is 1.